The van der Waals surface area contributed by atoms with Crippen LogP contribution in [0.25, 0.3) is 0 Å². The zero-order valence-electron chi connectivity index (χ0n) is 11.5. The quantitative estimate of drug-likeness (QED) is 0.853. The van der Waals surface area contributed by atoms with Crippen molar-refractivity contribution in [3.8, 4) is 11.5 Å². The number of nitrogens with one attached hydrogen (secondary N) is 1. The summed E-state index contributed by atoms with van der Waals surface area (Å²) >= 11 is 0. The molecule has 98 valence electrons. The summed E-state index contributed by atoms with van der Waals surface area (Å²) in [6, 6.07) is 12.5. The van der Waals surface area contributed by atoms with Crippen molar-refractivity contribution < 1.29 is 4.74 Å². The van der Waals surface area contributed by atoms with Crippen LogP contribution in [0.1, 0.15) is 23.1 Å². The van der Waals surface area contributed by atoms with Crippen molar-refractivity contribution in [2.45, 2.75) is 26.7 Å². The van der Waals surface area contributed by atoms with Crippen molar-refractivity contribution in [3.63, 3.8) is 0 Å². The summed E-state index contributed by atoms with van der Waals surface area (Å²) in [6.07, 6.45) is 2.37. The smallest absolute Gasteiger partial charge is 0.129 e. The summed E-state index contributed by atoms with van der Waals surface area (Å²) in [5.74, 6) is 1.80. The maximum Gasteiger partial charge on any atom is 0.129 e. The molecule has 1 aliphatic rings. The second kappa shape index (κ2) is 4.96. The van der Waals surface area contributed by atoms with Gasteiger partial charge < -0.3 is 10.1 Å². The molecule has 1 N–H and O–H groups in total. The minimum Gasteiger partial charge on any atom is -0.457 e. The second-order valence-electron chi connectivity index (χ2n) is 5.20. The predicted octanol–water partition coefficient (Wildman–Crippen LogP) is 4.45. The lowest BCUT2D eigenvalue weighted by molar-refractivity contribution is 0.482. The van der Waals surface area contributed by atoms with Crippen molar-refractivity contribution in [1.29, 1.82) is 0 Å². The Hall–Kier alpha value is -1.96. The van der Waals surface area contributed by atoms with Crippen LogP contribution in [-0.4, -0.2) is 6.54 Å². The molecule has 3 rings (SSSR count). The van der Waals surface area contributed by atoms with Gasteiger partial charge >= 0.3 is 0 Å². The molecule has 0 spiro atoms. The first-order chi connectivity index (χ1) is 9.22. The normalized spacial score (nSPS) is 13.6. The van der Waals surface area contributed by atoms with Crippen molar-refractivity contribution in [2.24, 2.45) is 0 Å². The Morgan fingerprint density at radius 3 is 2.58 bits per heavy atom. The van der Waals surface area contributed by atoms with E-state index in [1.54, 1.807) is 0 Å². The number of rotatable bonds is 2. The van der Waals surface area contributed by atoms with Crippen LogP contribution < -0.4 is 10.1 Å². The number of hydrogen-bond acceptors (Lipinski definition) is 2. The molecule has 0 atom stereocenters. The van der Waals surface area contributed by atoms with Crippen molar-refractivity contribution >= 4 is 5.69 Å². The summed E-state index contributed by atoms with van der Waals surface area (Å²) in [5.41, 5.74) is 5.15. The first-order valence-electron chi connectivity index (χ1n) is 6.84. The molecule has 1 aliphatic heterocycles. The Morgan fingerprint density at radius 2 is 1.74 bits per heavy atom. The Labute approximate surface area is 114 Å². The van der Waals surface area contributed by atoms with Gasteiger partial charge in [-0.05, 0) is 61.6 Å². The zero-order chi connectivity index (χ0) is 13.2. The molecule has 0 saturated heterocycles. The molecule has 0 saturated carbocycles. The molecule has 2 aromatic carbocycles. The van der Waals surface area contributed by atoms with Gasteiger partial charge in [0.1, 0.15) is 11.5 Å². The molecule has 0 bridgehead atoms. The van der Waals surface area contributed by atoms with Crippen LogP contribution in [0.3, 0.4) is 0 Å². The first kappa shape index (κ1) is 12.1. The third-order valence-electron chi connectivity index (χ3n) is 3.73. The van der Waals surface area contributed by atoms with E-state index in [4.69, 9.17) is 4.74 Å². The van der Waals surface area contributed by atoms with Crippen LogP contribution in [0, 0.1) is 13.8 Å². The van der Waals surface area contributed by atoms with Crippen LogP contribution in [0.2, 0.25) is 0 Å². The SMILES string of the molecule is Cc1ccc(Oc2ccc3c(c2)NCCC3)cc1C. The summed E-state index contributed by atoms with van der Waals surface area (Å²) in [6.45, 7) is 5.28. The number of benzene rings is 2. The molecule has 0 aromatic heterocycles. The average molecular weight is 253 g/mol. The fourth-order valence-electron chi connectivity index (χ4n) is 2.42. The molecule has 2 aromatic rings. The summed E-state index contributed by atoms with van der Waals surface area (Å²) < 4.78 is 5.94. The van der Waals surface area contributed by atoms with Crippen LogP contribution in [0.5, 0.6) is 11.5 Å². The zero-order valence-corrected chi connectivity index (χ0v) is 11.5. The lowest BCUT2D eigenvalue weighted by Gasteiger charge is -2.18. The molecule has 0 fully saturated rings. The van der Waals surface area contributed by atoms with Gasteiger partial charge in [-0.2, -0.15) is 0 Å². The van der Waals surface area contributed by atoms with E-state index in [1.807, 2.05) is 6.07 Å². The number of hydrogen-bond donors (Lipinski definition) is 1. The molecule has 0 radical (unpaired) electrons. The fraction of sp³-hybridized carbons (Fsp3) is 0.294. The highest BCUT2D eigenvalue weighted by molar-refractivity contribution is 5.57. The fourth-order valence-corrected chi connectivity index (χ4v) is 2.42. The Kier molecular flexibility index (Phi) is 3.16. The van der Waals surface area contributed by atoms with E-state index in [9.17, 15) is 0 Å². The summed E-state index contributed by atoms with van der Waals surface area (Å²) in [4.78, 5) is 0. The minimum atomic E-state index is 0.899. The lowest BCUT2D eigenvalue weighted by Crippen LogP contribution is -2.11. The third-order valence-corrected chi connectivity index (χ3v) is 3.73. The van der Waals surface area contributed by atoms with Gasteiger partial charge in [0.05, 0.1) is 0 Å². The van der Waals surface area contributed by atoms with Crippen LogP contribution in [0.4, 0.5) is 5.69 Å². The number of aryl methyl sites for hydroxylation is 3. The first-order valence-corrected chi connectivity index (χ1v) is 6.84. The molecule has 0 amide bonds. The van der Waals surface area contributed by atoms with Gasteiger partial charge in [-0.3, -0.25) is 0 Å². The number of ether oxygens (including phenoxy) is 1. The van der Waals surface area contributed by atoms with E-state index in [0.29, 0.717) is 0 Å². The van der Waals surface area contributed by atoms with Gasteiger partial charge in [-0.25, -0.2) is 0 Å². The molecule has 2 heteroatoms. The molecule has 0 aliphatic carbocycles. The standard InChI is InChI=1S/C17H19NO/c1-12-5-7-15(10-13(12)2)19-16-8-6-14-4-3-9-18-17(14)11-16/h5-8,10-11,18H,3-4,9H2,1-2H3. The third kappa shape index (κ3) is 2.58. The van der Waals surface area contributed by atoms with Crippen LogP contribution in [0.15, 0.2) is 36.4 Å². The molecule has 2 nitrogen and oxygen atoms in total. The van der Waals surface area contributed by atoms with Crippen molar-refractivity contribution in [2.75, 3.05) is 11.9 Å². The minimum absolute atomic E-state index is 0.899. The predicted molar refractivity (Wildman–Crippen MR) is 79.2 cm³/mol. The van der Waals surface area contributed by atoms with E-state index in [0.717, 1.165) is 24.5 Å². The molecular formula is C17H19NO. The second-order valence-corrected chi connectivity index (χ2v) is 5.20. The van der Waals surface area contributed by atoms with Crippen molar-refractivity contribution in [1.82, 2.24) is 0 Å². The van der Waals surface area contributed by atoms with Gasteiger partial charge in [0.25, 0.3) is 0 Å². The molecule has 0 unspecified atom stereocenters. The van der Waals surface area contributed by atoms with Crippen molar-refractivity contribution in [3.05, 3.63) is 53.1 Å². The molecule has 1 heterocycles. The highest BCUT2D eigenvalue weighted by atomic mass is 16.5. The van der Waals surface area contributed by atoms with E-state index in [2.05, 4.69) is 49.5 Å². The molecule has 19 heavy (non-hydrogen) atoms. The Bertz CT molecular complexity index is 604. The van der Waals surface area contributed by atoms with E-state index in [1.165, 1.54) is 28.8 Å². The molecular weight excluding hydrogens is 234 g/mol. The lowest BCUT2D eigenvalue weighted by atomic mass is 10.0. The topological polar surface area (TPSA) is 21.3 Å². The van der Waals surface area contributed by atoms with E-state index < -0.39 is 0 Å². The van der Waals surface area contributed by atoms with E-state index >= 15 is 0 Å². The monoisotopic (exact) mass is 253 g/mol. The number of fused-ring (bicyclic) bond motifs is 1. The van der Waals surface area contributed by atoms with Gasteiger partial charge in [-0.1, -0.05) is 12.1 Å². The van der Waals surface area contributed by atoms with Gasteiger partial charge in [0, 0.05) is 18.3 Å². The maximum absolute atomic E-state index is 5.94. The van der Waals surface area contributed by atoms with Gasteiger partial charge in [0.15, 0.2) is 0 Å². The Morgan fingerprint density at radius 1 is 0.947 bits per heavy atom. The number of anilines is 1. The van der Waals surface area contributed by atoms with Gasteiger partial charge in [-0.15, -0.1) is 0 Å². The maximum atomic E-state index is 5.94. The van der Waals surface area contributed by atoms with E-state index in [-0.39, 0.29) is 0 Å². The largest absolute Gasteiger partial charge is 0.457 e. The summed E-state index contributed by atoms with van der Waals surface area (Å²) in [7, 11) is 0. The summed E-state index contributed by atoms with van der Waals surface area (Å²) in [5, 5.41) is 3.43. The van der Waals surface area contributed by atoms with Crippen LogP contribution in [-0.2, 0) is 6.42 Å². The highest BCUT2D eigenvalue weighted by Crippen LogP contribution is 2.30. The van der Waals surface area contributed by atoms with Gasteiger partial charge in [0.2, 0.25) is 0 Å². The highest BCUT2D eigenvalue weighted by Gasteiger charge is 2.09. The van der Waals surface area contributed by atoms with Crippen LogP contribution >= 0.6 is 0 Å². The Balaban J connectivity index is 1.84. The average Bonchev–Trinajstić information content (AvgIpc) is 2.43.